The van der Waals surface area contributed by atoms with E-state index in [0.717, 1.165) is 27.4 Å². The van der Waals surface area contributed by atoms with Gasteiger partial charge in [-0.1, -0.05) is 35.9 Å². The van der Waals surface area contributed by atoms with E-state index in [-0.39, 0.29) is 0 Å². The number of halogens is 1. The molecule has 0 heterocycles. The summed E-state index contributed by atoms with van der Waals surface area (Å²) in [5.41, 5.74) is 10.1. The molecule has 0 aliphatic heterocycles. The van der Waals surface area contributed by atoms with Crippen LogP contribution in [0, 0.1) is 0 Å². The van der Waals surface area contributed by atoms with Crippen molar-refractivity contribution in [1.82, 2.24) is 0 Å². The van der Waals surface area contributed by atoms with E-state index >= 15 is 0 Å². The molecule has 2 rings (SSSR count). The van der Waals surface area contributed by atoms with E-state index in [9.17, 15) is 0 Å². The molecule has 0 bridgehead atoms. The fraction of sp³-hybridized carbons (Fsp3) is 0.200. The van der Waals surface area contributed by atoms with Crippen molar-refractivity contribution in [3.8, 4) is 11.1 Å². The molecule has 18 heavy (non-hydrogen) atoms. The summed E-state index contributed by atoms with van der Waals surface area (Å²) in [6, 6.07) is 14.1. The van der Waals surface area contributed by atoms with Crippen LogP contribution in [0.2, 0.25) is 5.02 Å². The number of anilines is 1. The first-order valence-electron chi connectivity index (χ1n) is 5.88. The normalized spacial score (nSPS) is 10.4. The molecule has 0 fully saturated rings. The molecule has 0 saturated carbocycles. The summed E-state index contributed by atoms with van der Waals surface area (Å²) in [5, 5.41) is 0.751. The Hall–Kier alpha value is -1.51. The highest BCUT2D eigenvalue weighted by Crippen LogP contribution is 2.35. The van der Waals surface area contributed by atoms with Gasteiger partial charge in [-0.25, -0.2) is 0 Å². The quantitative estimate of drug-likeness (QED) is 0.915. The van der Waals surface area contributed by atoms with Gasteiger partial charge in [-0.05, 0) is 23.8 Å². The van der Waals surface area contributed by atoms with E-state index in [1.807, 2.05) is 38.4 Å². The highest BCUT2D eigenvalue weighted by molar-refractivity contribution is 6.33. The third-order valence-corrected chi connectivity index (χ3v) is 3.27. The third-order valence-electron chi connectivity index (χ3n) is 2.94. The maximum absolute atomic E-state index is 6.31. The minimum atomic E-state index is 0.522. The predicted molar refractivity (Wildman–Crippen MR) is 79.1 cm³/mol. The van der Waals surface area contributed by atoms with Gasteiger partial charge in [-0.15, -0.1) is 0 Å². The lowest BCUT2D eigenvalue weighted by Gasteiger charge is -2.18. The minimum absolute atomic E-state index is 0.522. The van der Waals surface area contributed by atoms with Crippen molar-refractivity contribution in [1.29, 1.82) is 0 Å². The van der Waals surface area contributed by atoms with Gasteiger partial charge in [-0.2, -0.15) is 0 Å². The predicted octanol–water partition coefficient (Wildman–Crippen LogP) is 3.53. The minimum Gasteiger partial charge on any atom is -0.377 e. The molecule has 3 heteroatoms. The lowest BCUT2D eigenvalue weighted by atomic mass is 10.0. The average Bonchev–Trinajstić information content (AvgIpc) is 2.39. The lowest BCUT2D eigenvalue weighted by molar-refractivity contribution is 1.07. The van der Waals surface area contributed by atoms with Crippen LogP contribution in [-0.2, 0) is 6.54 Å². The Bertz CT molecular complexity index is 550. The Morgan fingerprint density at radius 2 is 1.78 bits per heavy atom. The van der Waals surface area contributed by atoms with Crippen molar-refractivity contribution in [2.75, 3.05) is 19.0 Å². The Labute approximate surface area is 113 Å². The standard InChI is InChI=1S/C15H17ClN2/c1-18(2)15-6-4-3-5-12(15)13-9-11(10-17)7-8-14(13)16/h3-9H,10,17H2,1-2H3. The molecule has 0 aliphatic rings. The van der Waals surface area contributed by atoms with Crippen molar-refractivity contribution in [2.24, 2.45) is 5.73 Å². The summed E-state index contributed by atoms with van der Waals surface area (Å²) in [6.45, 7) is 0.522. The van der Waals surface area contributed by atoms with Crippen LogP contribution >= 0.6 is 11.6 Å². The molecule has 2 nitrogen and oxygen atoms in total. The van der Waals surface area contributed by atoms with E-state index in [0.29, 0.717) is 6.54 Å². The number of nitrogens with two attached hydrogens (primary N) is 1. The molecular weight excluding hydrogens is 244 g/mol. The van der Waals surface area contributed by atoms with Gasteiger partial charge < -0.3 is 10.6 Å². The van der Waals surface area contributed by atoms with Crippen molar-refractivity contribution in [3.05, 3.63) is 53.1 Å². The maximum Gasteiger partial charge on any atom is 0.0485 e. The van der Waals surface area contributed by atoms with Crippen molar-refractivity contribution < 1.29 is 0 Å². The fourth-order valence-corrected chi connectivity index (χ4v) is 2.22. The van der Waals surface area contributed by atoms with Gasteiger partial charge in [0.15, 0.2) is 0 Å². The summed E-state index contributed by atoms with van der Waals surface area (Å²) in [5.74, 6) is 0. The van der Waals surface area contributed by atoms with E-state index in [2.05, 4.69) is 23.1 Å². The molecule has 0 atom stereocenters. The number of hydrogen-bond acceptors (Lipinski definition) is 2. The first-order chi connectivity index (χ1) is 8.63. The lowest BCUT2D eigenvalue weighted by Crippen LogP contribution is -2.10. The van der Waals surface area contributed by atoms with Gasteiger partial charge in [0.25, 0.3) is 0 Å². The van der Waals surface area contributed by atoms with Gasteiger partial charge in [0.05, 0.1) is 0 Å². The van der Waals surface area contributed by atoms with Crippen LogP contribution in [0.1, 0.15) is 5.56 Å². The van der Waals surface area contributed by atoms with Crippen molar-refractivity contribution >= 4 is 17.3 Å². The Morgan fingerprint density at radius 1 is 1.06 bits per heavy atom. The van der Waals surface area contributed by atoms with Gasteiger partial charge in [-0.3, -0.25) is 0 Å². The Balaban J connectivity index is 2.61. The van der Waals surface area contributed by atoms with Crippen LogP contribution < -0.4 is 10.6 Å². The monoisotopic (exact) mass is 260 g/mol. The van der Waals surface area contributed by atoms with Crippen molar-refractivity contribution in [2.45, 2.75) is 6.54 Å². The Morgan fingerprint density at radius 3 is 2.44 bits per heavy atom. The molecule has 0 amide bonds. The number of para-hydroxylation sites is 1. The van der Waals surface area contributed by atoms with E-state index in [1.165, 1.54) is 0 Å². The first kappa shape index (κ1) is 12.9. The van der Waals surface area contributed by atoms with Crippen LogP contribution in [-0.4, -0.2) is 14.1 Å². The van der Waals surface area contributed by atoms with Gasteiger partial charge in [0, 0.05) is 42.5 Å². The second-order valence-electron chi connectivity index (χ2n) is 4.43. The van der Waals surface area contributed by atoms with Crippen LogP contribution in [0.3, 0.4) is 0 Å². The molecule has 2 aromatic rings. The van der Waals surface area contributed by atoms with Crippen LogP contribution in [0.25, 0.3) is 11.1 Å². The zero-order valence-electron chi connectivity index (χ0n) is 10.7. The first-order valence-corrected chi connectivity index (χ1v) is 6.26. The zero-order valence-corrected chi connectivity index (χ0v) is 11.4. The van der Waals surface area contributed by atoms with E-state index in [4.69, 9.17) is 17.3 Å². The summed E-state index contributed by atoms with van der Waals surface area (Å²) in [6.07, 6.45) is 0. The summed E-state index contributed by atoms with van der Waals surface area (Å²) in [7, 11) is 4.05. The molecule has 0 aliphatic carbocycles. The molecule has 0 aromatic heterocycles. The number of nitrogens with zero attached hydrogens (tertiary/aromatic N) is 1. The molecule has 0 radical (unpaired) electrons. The smallest absolute Gasteiger partial charge is 0.0485 e. The van der Waals surface area contributed by atoms with Gasteiger partial charge >= 0.3 is 0 Å². The molecule has 94 valence electrons. The summed E-state index contributed by atoms with van der Waals surface area (Å²) in [4.78, 5) is 2.08. The van der Waals surface area contributed by atoms with Gasteiger partial charge in [0.2, 0.25) is 0 Å². The molecule has 0 unspecified atom stereocenters. The largest absolute Gasteiger partial charge is 0.377 e. The Kier molecular flexibility index (Phi) is 3.90. The van der Waals surface area contributed by atoms with Gasteiger partial charge in [0.1, 0.15) is 0 Å². The molecule has 2 N–H and O–H groups in total. The molecule has 2 aromatic carbocycles. The fourth-order valence-electron chi connectivity index (χ4n) is 2.00. The van der Waals surface area contributed by atoms with Crippen LogP contribution in [0.15, 0.2) is 42.5 Å². The molecular formula is C15H17ClN2. The van der Waals surface area contributed by atoms with E-state index in [1.54, 1.807) is 0 Å². The highest BCUT2D eigenvalue weighted by atomic mass is 35.5. The SMILES string of the molecule is CN(C)c1ccccc1-c1cc(CN)ccc1Cl. The number of benzene rings is 2. The number of rotatable bonds is 3. The summed E-state index contributed by atoms with van der Waals surface area (Å²) >= 11 is 6.31. The highest BCUT2D eigenvalue weighted by Gasteiger charge is 2.10. The van der Waals surface area contributed by atoms with Crippen LogP contribution in [0.5, 0.6) is 0 Å². The maximum atomic E-state index is 6.31. The van der Waals surface area contributed by atoms with E-state index < -0.39 is 0 Å². The molecule has 0 spiro atoms. The number of hydrogen-bond donors (Lipinski definition) is 1. The van der Waals surface area contributed by atoms with Crippen LogP contribution in [0.4, 0.5) is 5.69 Å². The second kappa shape index (κ2) is 5.42. The third kappa shape index (κ3) is 2.50. The topological polar surface area (TPSA) is 29.3 Å². The zero-order chi connectivity index (χ0) is 13.1. The summed E-state index contributed by atoms with van der Waals surface area (Å²) < 4.78 is 0. The molecule has 0 saturated heterocycles. The second-order valence-corrected chi connectivity index (χ2v) is 4.84. The average molecular weight is 261 g/mol. The van der Waals surface area contributed by atoms with Crippen molar-refractivity contribution in [3.63, 3.8) is 0 Å².